The van der Waals surface area contributed by atoms with Crippen LogP contribution in [0.25, 0.3) is 22.2 Å². The van der Waals surface area contributed by atoms with Crippen molar-refractivity contribution in [3.63, 3.8) is 0 Å². The minimum atomic E-state index is -0.0777. The molecule has 1 aromatic carbocycles. The lowest BCUT2D eigenvalue weighted by Crippen LogP contribution is -2.41. The van der Waals surface area contributed by atoms with Crippen LogP contribution >= 0.6 is 0 Å². The molecule has 2 N–H and O–H groups in total. The lowest BCUT2D eigenvalue weighted by molar-refractivity contribution is 0.0383. The smallest absolute Gasteiger partial charge is 0.253 e. The van der Waals surface area contributed by atoms with Gasteiger partial charge in [0.1, 0.15) is 5.65 Å². The molecule has 2 aliphatic heterocycles. The van der Waals surface area contributed by atoms with E-state index in [0.29, 0.717) is 12.1 Å². The van der Waals surface area contributed by atoms with E-state index in [1.54, 1.807) is 6.20 Å². The molecule has 4 heterocycles. The lowest BCUT2D eigenvalue weighted by atomic mass is 10.0. The maximum absolute atomic E-state index is 12.8. The molecule has 3 aromatic rings. The van der Waals surface area contributed by atoms with Gasteiger partial charge in [-0.25, -0.2) is 4.98 Å². The summed E-state index contributed by atoms with van der Waals surface area (Å²) in [6.07, 6.45) is 3.59. The van der Waals surface area contributed by atoms with Gasteiger partial charge in [-0.05, 0) is 23.8 Å². The zero-order valence-corrected chi connectivity index (χ0v) is 18.2. The Morgan fingerprint density at radius 2 is 1.72 bits per heavy atom. The molecule has 2 aliphatic rings. The van der Waals surface area contributed by atoms with Gasteiger partial charge in [-0.2, -0.15) is 0 Å². The molecule has 0 unspecified atom stereocenters. The largest absolute Gasteiger partial charge is 0.379 e. The van der Waals surface area contributed by atoms with Gasteiger partial charge >= 0.3 is 0 Å². The molecule has 5 rings (SSSR count). The van der Waals surface area contributed by atoms with Crippen LogP contribution in [0.5, 0.6) is 0 Å². The zero-order valence-electron chi connectivity index (χ0n) is 18.2. The summed E-state index contributed by atoms with van der Waals surface area (Å²) >= 11 is 0. The minimum absolute atomic E-state index is 0.0777. The Balaban J connectivity index is 1.28. The Morgan fingerprint density at radius 1 is 1.00 bits per heavy atom. The second kappa shape index (κ2) is 9.68. The van der Waals surface area contributed by atoms with Gasteiger partial charge in [-0.15, -0.1) is 0 Å². The number of rotatable bonds is 6. The molecule has 0 aliphatic carbocycles. The van der Waals surface area contributed by atoms with Crippen molar-refractivity contribution in [2.45, 2.75) is 0 Å². The maximum atomic E-state index is 12.8. The van der Waals surface area contributed by atoms with Crippen LogP contribution in [-0.4, -0.2) is 86.5 Å². The molecule has 2 fully saturated rings. The first-order chi connectivity index (χ1) is 15.8. The van der Waals surface area contributed by atoms with E-state index < -0.39 is 0 Å². The standard InChI is InChI=1S/C24H29N5O3/c30-24(25-5-6-28-7-11-31-12-8-28)22-17-27-23-21(22)15-19(16-26-23)18-1-3-20(4-2-18)29-9-13-32-14-10-29/h1-4,15-17H,5-14H2,(H,25,30)(H,26,27). The Labute approximate surface area is 187 Å². The summed E-state index contributed by atoms with van der Waals surface area (Å²) in [7, 11) is 0. The summed E-state index contributed by atoms with van der Waals surface area (Å²) in [5.74, 6) is -0.0777. The number of amides is 1. The Morgan fingerprint density at radius 3 is 2.47 bits per heavy atom. The number of aromatic nitrogens is 2. The molecule has 0 spiro atoms. The monoisotopic (exact) mass is 435 g/mol. The molecule has 32 heavy (non-hydrogen) atoms. The van der Waals surface area contributed by atoms with Crippen LogP contribution in [0, 0.1) is 0 Å². The van der Waals surface area contributed by atoms with Crippen LogP contribution < -0.4 is 10.2 Å². The highest BCUT2D eigenvalue weighted by molar-refractivity contribution is 6.06. The van der Waals surface area contributed by atoms with Crippen molar-refractivity contribution in [3.8, 4) is 11.1 Å². The van der Waals surface area contributed by atoms with Crippen LogP contribution in [0.4, 0.5) is 5.69 Å². The number of pyridine rings is 1. The van der Waals surface area contributed by atoms with Gasteiger partial charge in [-0.3, -0.25) is 9.69 Å². The summed E-state index contributed by atoms with van der Waals surface area (Å²) in [6, 6.07) is 10.5. The molecular weight excluding hydrogens is 406 g/mol. The summed E-state index contributed by atoms with van der Waals surface area (Å²) in [5.41, 5.74) is 4.62. The normalized spacial score (nSPS) is 17.6. The quantitative estimate of drug-likeness (QED) is 0.617. The van der Waals surface area contributed by atoms with Crippen molar-refractivity contribution in [2.24, 2.45) is 0 Å². The third-order valence-corrected chi connectivity index (χ3v) is 6.17. The third-order valence-electron chi connectivity index (χ3n) is 6.17. The van der Waals surface area contributed by atoms with E-state index in [1.807, 2.05) is 12.3 Å². The van der Waals surface area contributed by atoms with Gasteiger partial charge in [0.15, 0.2) is 0 Å². The number of carbonyl (C=O) groups excluding carboxylic acids is 1. The van der Waals surface area contributed by atoms with E-state index in [4.69, 9.17) is 9.47 Å². The number of ether oxygens (including phenoxy) is 2. The number of nitrogens with one attached hydrogen (secondary N) is 2. The van der Waals surface area contributed by atoms with Crippen LogP contribution in [0.15, 0.2) is 42.7 Å². The van der Waals surface area contributed by atoms with Crippen molar-refractivity contribution in [1.29, 1.82) is 0 Å². The van der Waals surface area contributed by atoms with Crippen LogP contribution in [-0.2, 0) is 9.47 Å². The molecule has 1 amide bonds. The maximum Gasteiger partial charge on any atom is 0.253 e. The van der Waals surface area contributed by atoms with Crippen LogP contribution in [0.2, 0.25) is 0 Å². The fourth-order valence-electron chi connectivity index (χ4n) is 4.28. The second-order valence-electron chi connectivity index (χ2n) is 8.18. The molecule has 0 atom stereocenters. The molecule has 2 saturated heterocycles. The van der Waals surface area contributed by atoms with Crippen molar-refractivity contribution < 1.29 is 14.3 Å². The Bertz CT molecular complexity index is 1050. The lowest BCUT2D eigenvalue weighted by Gasteiger charge is -2.28. The molecule has 168 valence electrons. The number of hydrogen-bond acceptors (Lipinski definition) is 6. The van der Waals surface area contributed by atoms with Crippen molar-refractivity contribution in [1.82, 2.24) is 20.2 Å². The summed E-state index contributed by atoms with van der Waals surface area (Å²) in [5, 5.41) is 3.88. The van der Waals surface area contributed by atoms with Gasteiger partial charge in [0.2, 0.25) is 0 Å². The van der Waals surface area contributed by atoms with Crippen molar-refractivity contribution in [3.05, 3.63) is 48.3 Å². The average Bonchev–Trinajstić information content (AvgIpc) is 3.29. The van der Waals surface area contributed by atoms with Crippen LogP contribution in [0.3, 0.4) is 0 Å². The Hall–Kier alpha value is -2.94. The number of hydrogen-bond donors (Lipinski definition) is 2. The number of aromatic amines is 1. The molecule has 0 bridgehead atoms. The topological polar surface area (TPSA) is 82.7 Å². The fourth-order valence-corrected chi connectivity index (χ4v) is 4.28. The predicted octanol–water partition coefficient (Wildman–Crippen LogP) is 2.13. The van der Waals surface area contributed by atoms with Gasteiger partial charge in [0.25, 0.3) is 5.91 Å². The van der Waals surface area contributed by atoms with E-state index in [1.165, 1.54) is 5.69 Å². The summed E-state index contributed by atoms with van der Waals surface area (Å²) < 4.78 is 10.8. The molecule has 2 aromatic heterocycles. The highest BCUT2D eigenvalue weighted by Crippen LogP contribution is 2.27. The average molecular weight is 436 g/mol. The summed E-state index contributed by atoms with van der Waals surface area (Å²) in [4.78, 5) is 25.1. The Kier molecular flexibility index (Phi) is 6.34. The number of carbonyl (C=O) groups is 1. The highest BCUT2D eigenvalue weighted by atomic mass is 16.5. The van der Waals surface area contributed by atoms with Crippen molar-refractivity contribution in [2.75, 3.05) is 70.6 Å². The van der Waals surface area contributed by atoms with Gasteiger partial charge < -0.3 is 24.7 Å². The predicted molar refractivity (Wildman–Crippen MR) is 124 cm³/mol. The SMILES string of the molecule is O=C(NCCN1CCOCC1)c1c[nH]c2ncc(-c3ccc(N4CCOCC4)cc3)cc12. The van der Waals surface area contributed by atoms with E-state index in [-0.39, 0.29) is 5.91 Å². The highest BCUT2D eigenvalue weighted by Gasteiger charge is 2.16. The second-order valence-corrected chi connectivity index (χ2v) is 8.18. The molecule has 0 radical (unpaired) electrons. The minimum Gasteiger partial charge on any atom is -0.379 e. The van der Waals surface area contributed by atoms with E-state index in [2.05, 4.69) is 49.4 Å². The first-order valence-electron chi connectivity index (χ1n) is 11.3. The van der Waals surface area contributed by atoms with Gasteiger partial charge in [0.05, 0.1) is 32.0 Å². The molecule has 8 heteroatoms. The third kappa shape index (κ3) is 4.62. The van der Waals surface area contributed by atoms with Gasteiger partial charge in [0, 0.05) is 68.3 Å². The first-order valence-corrected chi connectivity index (χ1v) is 11.3. The molecular formula is C24H29N5O3. The summed E-state index contributed by atoms with van der Waals surface area (Å²) in [6.45, 7) is 8.18. The number of fused-ring (bicyclic) bond motifs is 1. The molecule has 8 nitrogen and oxygen atoms in total. The molecule has 0 saturated carbocycles. The zero-order chi connectivity index (χ0) is 21.8. The van der Waals surface area contributed by atoms with E-state index in [9.17, 15) is 4.79 Å². The van der Waals surface area contributed by atoms with E-state index in [0.717, 1.165) is 81.3 Å². The van der Waals surface area contributed by atoms with E-state index >= 15 is 0 Å². The number of H-pyrrole nitrogens is 1. The number of morpholine rings is 2. The number of benzene rings is 1. The van der Waals surface area contributed by atoms with Crippen LogP contribution in [0.1, 0.15) is 10.4 Å². The van der Waals surface area contributed by atoms with Crippen molar-refractivity contribution >= 4 is 22.6 Å². The fraction of sp³-hybridized carbons (Fsp3) is 0.417. The number of nitrogens with zero attached hydrogens (tertiary/aromatic N) is 3. The first kappa shape index (κ1) is 20.9. The number of anilines is 1. The van der Waals surface area contributed by atoms with Gasteiger partial charge in [-0.1, -0.05) is 12.1 Å².